The van der Waals surface area contributed by atoms with Crippen molar-refractivity contribution in [2.45, 2.75) is 26.1 Å². The lowest BCUT2D eigenvalue weighted by Crippen LogP contribution is -2.09. The molecule has 1 aromatic heterocycles. The predicted molar refractivity (Wildman–Crippen MR) is 96.1 cm³/mol. The average Bonchev–Trinajstić information content (AvgIpc) is 2.97. The number of alkyl halides is 3. The lowest BCUT2D eigenvalue weighted by atomic mass is 10.1. The Hall–Kier alpha value is -2.55. The van der Waals surface area contributed by atoms with Crippen LogP contribution in [0.15, 0.2) is 53.3 Å². The van der Waals surface area contributed by atoms with Crippen molar-refractivity contribution < 1.29 is 22.6 Å². The summed E-state index contributed by atoms with van der Waals surface area (Å²) in [5.41, 5.74) is -0.946. The molecule has 0 bridgehead atoms. The molecule has 0 saturated carbocycles. The number of aromatic nitrogens is 3. The molecule has 3 aromatic rings. The third kappa shape index (κ3) is 4.41. The second kappa shape index (κ2) is 7.59. The van der Waals surface area contributed by atoms with E-state index in [1.807, 2.05) is 13.8 Å². The van der Waals surface area contributed by atoms with Crippen LogP contribution in [0.2, 0.25) is 0 Å². The first-order valence-corrected chi connectivity index (χ1v) is 8.78. The fourth-order valence-electron chi connectivity index (χ4n) is 2.32. The summed E-state index contributed by atoms with van der Waals surface area (Å²) in [6, 6.07) is 11.7. The highest BCUT2D eigenvalue weighted by Gasteiger charge is 2.36. The van der Waals surface area contributed by atoms with Crippen molar-refractivity contribution in [3.63, 3.8) is 0 Å². The molecule has 5 nitrogen and oxygen atoms in total. The van der Waals surface area contributed by atoms with E-state index in [0.29, 0.717) is 0 Å². The van der Waals surface area contributed by atoms with Crippen LogP contribution in [0.4, 0.5) is 13.2 Å². The molecule has 142 valence electrons. The Morgan fingerprint density at radius 1 is 1.00 bits per heavy atom. The van der Waals surface area contributed by atoms with E-state index >= 15 is 0 Å². The Balaban J connectivity index is 2.07. The molecule has 0 atom stereocenters. The van der Waals surface area contributed by atoms with Crippen LogP contribution in [0.1, 0.15) is 25.5 Å². The van der Waals surface area contributed by atoms with Crippen molar-refractivity contribution in [1.29, 1.82) is 0 Å². The summed E-state index contributed by atoms with van der Waals surface area (Å²) in [5.74, 6) is -0.299. The summed E-state index contributed by atoms with van der Waals surface area (Å²) >= 11 is 3.15. The molecule has 0 N–H and O–H groups in total. The van der Waals surface area contributed by atoms with Gasteiger partial charge in [-0.25, -0.2) is 4.68 Å². The van der Waals surface area contributed by atoms with Crippen LogP contribution in [0, 0.1) is 0 Å². The van der Waals surface area contributed by atoms with Gasteiger partial charge < -0.3 is 9.47 Å². The second-order valence-electron chi connectivity index (χ2n) is 5.85. The molecule has 0 aliphatic heterocycles. The minimum Gasteiger partial charge on any atom is -0.453 e. The molecule has 0 saturated heterocycles. The number of ether oxygens (including phenoxy) is 2. The van der Waals surface area contributed by atoms with Gasteiger partial charge in [-0.2, -0.15) is 18.2 Å². The zero-order chi connectivity index (χ0) is 19.6. The molecule has 0 amide bonds. The summed E-state index contributed by atoms with van der Waals surface area (Å²) in [5, 5.41) is 4.13. The minimum absolute atomic E-state index is 0.0501. The predicted octanol–water partition coefficient (Wildman–Crippen LogP) is 6.22. The van der Waals surface area contributed by atoms with Gasteiger partial charge in [0.05, 0.1) is 6.04 Å². The maximum absolute atomic E-state index is 13.5. The van der Waals surface area contributed by atoms with Gasteiger partial charge in [-0.1, -0.05) is 24.3 Å². The third-order valence-corrected chi connectivity index (χ3v) is 3.85. The molecule has 0 fully saturated rings. The van der Waals surface area contributed by atoms with E-state index in [1.165, 1.54) is 16.8 Å². The van der Waals surface area contributed by atoms with Crippen molar-refractivity contribution in [2.24, 2.45) is 0 Å². The smallest absolute Gasteiger partial charge is 0.420 e. The molecule has 0 spiro atoms. The zero-order valence-electron chi connectivity index (χ0n) is 14.4. The zero-order valence-corrected chi connectivity index (χ0v) is 16.0. The molecule has 1 heterocycles. The lowest BCUT2D eigenvalue weighted by Gasteiger charge is -2.17. The van der Waals surface area contributed by atoms with E-state index < -0.39 is 17.5 Å². The van der Waals surface area contributed by atoms with Crippen LogP contribution in [0.3, 0.4) is 0 Å². The Labute approximate surface area is 161 Å². The number of rotatable bonds is 5. The standard InChI is InChI=1S/C18H15BrF3N3O2/c1-11(2)25-17(23-16(19)24-25)27-14-10-6-9-13(18(20,21)22)15(14)26-12-7-4-3-5-8-12/h3-11H,1-2H3. The maximum Gasteiger partial charge on any atom is 0.420 e. The van der Waals surface area contributed by atoms with Gasteiger partial charge in [-0.05, 0) is 54.0 Å². The Morgan fingerprint density at radius 3 is 2.33 bits per heavy atom. The van der Waals surface area contributed by atoms with Crippen molar-refractivity contribution in [3.05, 3.63) is 58.8 Å². The SMILES string of the molecule is CC(C)n1nc(Br)nc1Oc1cccc(C(F)(F)F)c1Oc1ccccc1. The van der Waals surface area contributed by atoms with E-state index in [9.17, 15) is 13.2 Å². The molecule has 0 radical (unpaired) electrons. The van der Waals surface area contributed by atoms with E-state index in [0.717, 1.165) is 6.07 Å². The largest absolute Gasteiger partial charge is 0.453 e. The first kappa shape index (κ1) is 19.2. The monoisotopic (exact) mass is 441 g/mol. The number of benzene rings is 2. The summed E-state index contributed by atoms with van der Waals surface area (Å²) in [4.78, 5) is 4.08. The molecule has 3 rings (SSSR count). The molecule has 27 heavy (non-hydrogen) atoms. The van der Waals surface area contributed by atoms with Crippen LogP contribution < -0.4 is 9.47 Å². The van der Waals surface area contributed by atoms with Crippen LogP contribution in [-0.4, -0.2) is 14.8 Å². The molecule has 2 aromatic carbocycles. The molecular weight excluding hydrogens is 427 g/mol. The average molecular weight is 442 g/mol. The summed E-state index contributed by atoms with van der Waals surface area (Å²) in [6.45, 7) is 3.70. The van der Waals surface area contributed by atoms with Crippen molar-refractivity contribution in [2.75, 3.05) is 0 Å². The summed E-state index contributed by atoms with van der Waals surface area (Å²) < 4.78 is 53.4. The fraction of sp³-hybridized carbons (Fsp3) is 0.222. The second-order valence-corrected chi connectivity index (χ2v) is 6.56. The number of para-hydroxylation sites is 2. The lowest BCUT2D eigenvalue weighted by molar-refractivity contribution is -0.138. The first-order valence-electron chi connectivity index (χ1n) is 7.98. The highest BCUT2D eigenvalue weighted by Crippen LogP contribution is 2.44. The Bertz CT molecular complexity index is 927. The van der Waals surface area contributed by atoms with Crippen LogP contribution in [0.25, 0.3) is 0 Å². The summed E-state index contributed by atoms with van der Waals surface area (Å²) in [7, 11) is 0. The molecule has 0 aliphatic carbocycles. The summed E-state index contributed by atoms with van der Waals surface area (Å²) in [6.07, 6.45) is -4.62. The van der Waals surface area contributed by atoms with E-state index in [2.05, 4.69) is 26.0 Å². The van der Waals surface area contributed by atoms with Gasteiger partial charge in [0.15, 0.2) is 11.5 Å². The highest BCUT2D eigenvalue weighted by atomic mass is 79.9. The normalized spacial score (nSPS) is 11.7. The van der Waals surface area contributed by atoms with Crippen LogP contribution in [-0.2, 0) is 6.18 Å². The van der Waals surface area contributed by atoms with Crippen LogP contribution in [0.5, 0.6) is 23.3 Å². The van der Waals surface area contributed by atoms with E-state index in [1.54, 1.807) is 30.3 Å². The highest BCUT2D eigenvalue weighted by molar-refractivity contribution is 9.10. The number of halogens is 4. The molecule has 0 unspecified atom stereocenters. The maximum atomic E-state index is 13.5. The Kier molecular flexibility index (Phi) is 5.41. The first-order chi connectivity index (χ1) is 12.8. The topological polar surface area (TPSA) is 49.2 Å². The third-order valence-electron chi connectivity index (χ3n) is 3.51. The molecule has 0 aliphatic rings. The van der Waals surface area contributed by atoms with Crippen molar-refractivity contribution in [1.82, 2.24) is 14.8 Å². The minimum atomic E-state index is -4.62. The van der Waals surface area contributed by atoms with Gasteiger partial charge >= 0.3 is 12.2 Å². The van der Waals surface area contributed by atoms with E-state index in [-0.39, 0.29) is 28.3 Å². The quantitative estimate of drug-likeness (QED) is 0.471. The van der Waals surface area contributed by atoms with Gasteiger partial charge in [0.25, 0.3) is 0 Å². The molecular formula is C18H15BrF3N3O2. The fourth-order valence-corrected chi connectivity index (χ4v) is 2.64. The number of hydrogen-bond acceptors (Lipinski definition) is 4. The van der Waals surface area contributed by atoms with Gasteiger partial charge in [0, 0.05) is 0 Å². The Morgan fingerprint density at radius 2 is 1.70 bits per heavy atom. The van der Waals surface area contributed by atoms with Crippen molar-refractivity contribution >= 4 is 15.9 Å². The number of hydrogen-bond donors (Lipinski definition) is 0. The van der Waals surface area contributed by atoms with Gasteiger partial charge in [-0.15, -0.1) is 5.10 Å². The van der Waals surface area contributed by atoms with Gasteiger partial charge in [0.1, 0.15) is 11.3 Å². The van der Waals surface area contributed by atoms with Gasteiger partial charge in [0.2, 0.25) is 4.73 Å². The number of nitrogens with zero attached hydrogens (tertiary/aromatic N) is 3. The molecule has 9 heteroatoms. The van der Waals surface area contributed by atoms with Crippen molar-refractivity contribution in [3.8, 4) is 23.3 Å². The van der Waals surface area contributed by atoms with Crippen LogP contribution >= 0.6 is 15.9 Å². The van der Waals surface area contributed by atoms with E-state index in [4.69, 9.17) is 9.47 Å². The van der Waals surface area contributed by atoms with Gasteiger partial charge in [-0.3, -0.25) is 0 Å².